The van der Waals surface area contributed by atoms with Gasteiger partial charge < -0.3 is 24.1 Å². The molecule has 3 N–H and O–H groups in total. The summed E-state index contributed by atoms with van der Waals surface area (Å²) in [5.74, 6) is 2.20. The molecule has 1 saturated heterocycles. The van der Waals surface area contributed by atoms with Gasteiger partial charge in [-0.3, -0.25) is 0 Å². The lowest BCUT2D eigenvalue weighted by Crippen LogP contribution is -2.10. The van der Waals surface area contributed by atoms with E-state index in [1.165, 1.54) is 0 Å². The second-order valence-electron chi connectivity index (χ2n) is 6.14. The Morgan fingerprint density at radius 3 is 2.75 bits per heavy atom. The molecule has 0 radical (unpaired) electrons. The molecule has 1 aliphatic heterocycles. The van der Waals surface area contributed by atoms with E-state index in [1.807, 2.05) is 24.3 Å². The molecule has 24 heavy (non-hydrogen) atoms. The molecule has 7 nitrogen and oxygen atoms in total. The first-order valence-electron chi connectivity index (χ1n) is 8.10. The van der Waals surface area contributed by atoms with Gasteiger partial charge >= 0.3 is 5.69 Å². The van der Waals surface area contributed by atoms with Crippen LogP contribution in [0.25, 0.3) is 33.7 Å². The van der Waals surface area contributed by atoms with E-state index in [-0.39, 0.29) is 11.8 Å². The van der Waals surface area contributed by atoms with E-state index < -0.39 is 0 Å². The van der Waals surface area contributed by atoms with E-state index in [0.29, 0.717) is 11.6 Å². The number of nitrogens with zero attached hydrogens (tertiary/aromatic N) is 1. The molecule has 0 spiro atoms. The Morgan fingerprint density at radius 1 is 1.04 bits per heavy atom. The minimum Gasteiger partial charge on any atom is -0.455 e. The van der Waals surface area contributed by atoms with Gasteiger partial charge in [0.15, 0.2) is 11.6 Å². The molecular formula is C17H16N4O3. The van der Waals surface area contributed by atoms with Crippen LogP contribution in [-0.4, -0.2) is 26.5 Å². The van der Waals surface area contributed by atoms with Crippen LogP contribution in [0.2, 0.25) is 0 Å². The molecule has 1 aliphatic rings. The average Bonchev–Trinajstić information content (AvgIpc) is 3.29. The lowest BCUT2D eigenvalue weighted by Gasteiger charge is -2.20. The first-order chi connectivity index (χ1) is 11.8. The average molecular weight is 324 g/mol. The molecule has 1 fully saturated rings. The Bertz CT molecular complexity index is 1020. The third kappa shape index (κ3) is 2.16. The SMILES string of the molecule is O=c1[nH]c2cc3nc(-c4ccc(C5CCCCO5)o4)[nH]c3cc2[nH]1. The van der Waals surface area contributed by atoms with Crippen LogP contribution < -0.4 is 5.69 Å². The lowest BCUT2D eigenvalue weighted by molar-refractivity contribution is 0.00219. The van der Waals surface area contributed by atoms with Gasteiger partial charge in [-0.25, -0.2) is 9.78 Å². The van der Waals surface area contributed by atoms with Crippen LogP contribution in [0, 0.1) is 0 Å². The van der Waals surface area contributed by atoms with Crippen LogP contribution in [0.4, 0.5) is 0 Å². The fourth-order valence-corrected chi connectivity index (χ4v) is 3.27. The van der Waals surface area contributed by atoms with Gasteiger partial charge in [0.25, 0.3) is 0 Å². The van der Waals surface area contributed by atoms with Crippen molar-refractivity contribution in [2.24, 2.45) is 0 Å². The van der Waals surface area contributed by atoms with Crippen molar-refractivity contribution < 1.29 is 9.15 Å². The molecule has 0 aliphatic carbocycles. The van der Waals surface area contributed by atoms with E-state index in [1.54, 1.807) is 0 Å². The summed E-state index contributed by atoms with van der Waals surface area (Å²) in [6.45, 7) is 0.787. The molecule has 5 rings (SSSR count). The van der Waals surface area contributed by atoms with Crippen LogP contribution in [-0.2, 0) is 4.74 Å². The maximum absolute atomic E-state index is 11.4. The number of rotatable bonds is 2. The summed E-state index contributed by atoms with van der Waals surface area (Å²) in [6.07, 6.45) is 3.31. The molecule has 122 valence electrons. The highest BCUT2D eigenvalue weighted by molar-refractivity contribution is 5.92. The summed E-state index contributed by atoms with van der Waals surface area (Å²) in [4.78, 5) is 24.7. The van der Waals surface area contributed by atoms with Gasteiger partial charge in [-0.15, -0.1) is 0 Å². The first kappa shape index (κ1) is 13.6. The predicted molar refractivity (Wildman–Crippen MR) is 88.8 cm³/mol. The quantitative estimate of drug-likeness (QED) is 0.527. The summed E-state index contributed by atoms with van der Waals surface area (Å²) in [7, 11) is 0. The molecule has 1 unspecified atom stereocenters. The monoisotopic (exact) mass is 324 g/mol. The highest BCUT2D eigenvalue weighted by Crippen LogP contribution is 2.32. The highest BCUT2D eigenvalue weighted by atomic mass is 16.5. The van der Waals surface area contributed by atoms with Gasteiger partial charge in [-0.05, 0) is 43.5 Å². The maximum Gasteiger partial charge on any atom is 0.323 e. The molecule has 4 aromatic rings. The van der Waals surface area contributed by atoms with Crippen molar-refractivity contribution in [3.8, 4) is 11.6 Å². The Balaban J connectivity index is 1.54. The summed E-state index contributed by atoms with van der Waals surface area (Å²) < 4.78 is 11.7. The van der Waals surface area contributed by atoms with Crippen LogP contribution in [0.15, 0.2) is 33.5 Å². The van der Waals surface area contributed by atoms with Crippen molar-refractivity contribution in [1.82, 2.24) is 19.9 Å². The highest BCUT2D eigenvalue weighted by Gasteiger charge is 2.20. The molecule has 3 aromatic heterocycles. The van der Waals surface area contributed by atoms with Gasteiger partial charge in [-0.2, -0.15) is 0 Å². The molecule has 0 amide bonds. The van der Waals surface area contributed by atoms with E-state index in [9.17, 15) is 4.79 Å². The molecule has 1 aromatic carbocycles. The fraction of sp³-hybridized carbons (Fsp3) is 0.294. The molecule has 1 atom stereocenters. The van der Waals surface area contributed by atoms with Crippen molar-refractivity contribution in [1.29, 1.82) is 0 Å². The van der Waals surface area contributed by atoms with Crippen LogP contribution >= 0.6 is 0 Å². The number of imidazole rings is 2. The third-order valence-electron chi connectivity index (χ3n) is 4.47. The fourth-order valence-electron chi connectivity index (χ4n) is 3.27. The molecule has 0 bridgehead atoms. The minimum absolute atomic E-state index is 0.0418. The molecule has 4 heterocycles. The van der Waals surface area contributed by atoms with Gasteiger partial charge in [0.1, 0.15) is 11.9 Å². The zero-order valence-electron chi connectivity index (χ0n) is 12.9. The number of aromatic nitrogens is 4. The number of aromatic amines is 3. The molecular weight excluding hydrogens is 308 g/mol. The summed E-state index contributed by atoms with van der Waals surface area (Å²) in [5, 5.41) is 0. The third-order valence-corrected chi connectivity index (χ3v) is 4.47. The van der Waals surface area contributed by atoms with Crippen molar-refractivity contribution in [3.05, 3.63) is 40.5 Å². The first-order valence-corrected chi connectivity index (χ1v) is 8.10. The number of furan rings is 1. The van der Waals surface area contributed by atoms with Crippen LogP contribution in [0.5, 0.6) is 0 Å². The second-order valence-corrected chi connectivity index (χ2v) is 6.14. The standard InChI is InChI=1S/C17H16N4O3/c22-17-20-11-7-9-10(8-12(11)21-17)19-16(18-9)15-5-4-14(24-15)13-3-1-2-6-23-13/h4-5,7-8,13H,1-3,6H2,(H,18,19)(H2,20,21,22). The number of nitrogens with one attached hydrogen (secondary N) is 3. The number of H-pyrrole nitrogens is 3. The molecule has 7 heteroatoms. The van der Waals surface area contributed by atoms with E-state index >= 15 is 0 Å². The van der Waals surface area contributed by atoms with E-state index in [2.05, 4.69) is 19.9 Å². The number of hydrogen-bond acceptors (Lipinski definition) is 4. The normalized spacial score (nSPS) is 18.6. The zero-order chi connectivity index (χ0) is 16.1. The van der Waals surface area contributed by atoms with Crippen molar-refractivity contribution in [2.45, 2.75) is 25.4 Å². The summed E-state index contributed by atoms with van der Waals surface area (Å²) in [6, 6.07) is 7.59. The van der Waals surface area contributed by atoms with Crippen LogP contribution in [0.1, 0.15) is 31.1 Å². The second kappa shape index (κ2) is 5.10. The Hall–Kier alpha value is -2.80. The van der Waals surface area contributed by atoms with E-state index in [0.717, 1.165) is 53.7 Å². The van der Waals surface area contributed by atoms with Gasteiger partial charge in [0.05, 0.1) is 22.1 Å². The van der Waals surface area contributed by atoms with Crippen molar-refractivity contribution >= 4 is 22.1 Å². The zero-order valence-corrected chi connectivity index (χ0v) is 12.9. The smallest absolute Gasteiger partial charge is 0.323 e. The van der Waals surface area contributed by atoms with Gasteiger partial charge in [0, 0.05) is 6.61 Å². The van der Waals surface area contributed by atoms with Crippen LogP contribution in [0.3, 0.4) is 0 Å². The Morgan fingerprint density at radius 2 is 1.92 bits per heavy atom. The summed E-state index contributed by atoms with van der Waals surface area (Å²) in [5.41, 5.74) is 2.89. The number of fused-ring (bicyclic) bond motifs is 2. The number of ether oxygens (including phenoxy) is 1. The van der Waals surface area contributed by atoms with Crippen molar-refractivity contribution in [2.75, 3.05) is 6.61 Å². The largest absolute Gasteiger partial charge is 0.455 e. The van der Waals surface area contributed by atoms with Gasteiger partial charge in [-0.1, -0.05) is 0 Å². The van der Waals surface area contributed by atoms with E-state index in [4.69, 9.17) is 9.15 Å². The number of hydrogen-bond donors (Lipinski definition) is 3. The minimum atomic E-state index is -0.221. The van der Waals surface area contributed by atoms with Gasteiger partial charge in [0.2, 0.25) is 0 Å². The Kier molecular flexibility index (Phi) is 2.90. The summed E-state index contributed by atoms with van der Waals surface area (Å²) >= 11 is 0. The topological polar surface area (TPSA) is 99.7 Å². The molecule has 0 saturated carbocycles. The lowest BCUT2D eigenvalue weighted by atomic mass is 10.1. The number of benzene rings is 1. The Labute approximate surface area is 136 Å². The maximum atomic E-state index is 11.4. The van der Waals surface area contributed by atoms with Crippen molar-refractivity contribution in [3.63, 3.8) is 0 Å². The predicted octanol–water partition coefficient (Wildman–Crippen LogP) is 3.23.